The maximum Gasteiger partial charge on any atom is 0.222 e. The summed E-state index contributed by atoms with van der Waals surface area (Å²) in [6.07, 6.45) is 0.412. The van der Waals surface area contributed by atoms with Gasteiger partial charge in [0.2, 0.25) is 5.91 Å². The summed E-state index contributed by atoms with van der Waals surface area (Å²) >= 11 is 3.46. The van der Waals surface area contributed by atoms with Crippen LogP contribution in [0.5, 0.6) is 0 Å². The van der Waals surface area contributed by atoms with Gasteiger partial charge < -0.3 is 15.4 Å². The van der Waals surface area contributed by atoms with E-state index in [1.165, 1.54) is 0 Å². The number of nitrogens with one attached hydrogen (secondary N) is 2. The zero-order valence-electron chi connectivity index (χ0n) is 10.1. The van der Waals surface area contributed by atoms with E-state index in [0.717, 1.165) is 23.1 Å². The lowest BCUT2D eigenvalue weighted by atomic mass is 10.2. The minimum atomic E-state index is -0.00189. The molecule has 98 valence electrons. The van der Waals surface area contributed by atoms with Crippen LogP contribution in [0.4, 0.5) is 0 Å². The maximum atomic E-state index is 11.8. The Morgan fingerprint density at radius 3 is 3.06 bits per heavy atom. The van der Waals surface area contributed by atoms with Crippen LogP contribution in [0, 0.1) is 0 Å². The highest BCUT2D eigenvalue weighted by atomic mass is 79.9. The number of hydrogen-bond donors (Lipinski definition) is 2. The fourth-order valence-electron chi connectivity index (χ4n) is 1.87. The molecular formula is C13H17BrN2O2. The van der Waals surface area contributed by atoms with Crippen molar-refractivity contribution in [2.24, 2.45) is 0 Å². The predicted octanol–water partition coefficient (Wildman–Crippen LogP) is 1.44. The summed E-state index contributed by atoms with van der Waals surface area (Å²) in [5, 5.41) is 6.12. The summed E-state index contributed by atoms with van der Waals surface area (Å²) < 4.78 is 6.51. The Balaban J connectivity index is 1.76. The van der Waals surface area contributed by atoms with E-state index in [1.807, 2.05) is 24.3 Å². The van der Waals surface area contributed by atoms with Crippen molar-refractivity contribution < 1.29 is 9.53 Å². The summed E-state index contributed by atoms with van der Waals surface area (Å²) in [4.78, 5) is 11.8. The largest absolute Gasteiger partial charge is 0.375 e. The van der Waals surface area contributed by atoms with Gasteiger partial charge in [-0.2, -0.15) is 0 Å². The minimum Gasteiger partial charge on any atom is -0.375 e. The van der Waals surface area contributed by atoms with Crippen LogP contribution >= 0.6 is 15.9 Å². The first-order chi connectivity index (χ1) is 8.75. The van der Waals surface area contributed by atoms with Gasteiger partial charge in [0.05, 0.1) is 19.1 Å². The van der Waals surface area contributed by atoms with E-state index in [4.69, 9.17) is 4.74 Å². The smallest absolute Gasteiger partial charge is 0.222 e. The first-order valence-corrected chi connectivity index (χ1v) is 6.87. The maximum absolute atomic E-state index is 11.8. The van der Waals surface area contributed by atoms with E-state index >= 15 is 0 Å². The third-order valence-corrected chi connectivity index (χ3v) is 3.62. The van der Waals surface area contributed by atoms with Gasteiger partial charge in [-0.1, -0.05) is 34.1 Å². The zero-order chi connectivity index (χ0) is 12.8. The highest BCUT2D eigenvalue weighted by Crippen LogP contribution is 2.15. The van der Waals surface area contributed by atoms with Crippen molar-refractivity contribution >= 4 is 21.8 Å². The number of amides is 1. The summed E-state index contributed by atoms with van der Waals surface area (Å²) in [5.41, 5.74) is 1.08. The SMILES string of the molecule is O=C(CC1CNCCO1)NCc1ccccc1Br. The molecule has 1 aromatic carbocycles. The quantitative estimate of drug-likeness (QED) is 0.884. The monoisotopic (exact) mass is 312 g/mol. The van der Waals surface area contributed by atoms with Crippen LogP contribution in [0.3, 0.4) is 0 Å². The molecular weight excluding hydrogens is 296 g/mol. The molecule has 1 aliphatic heterocycles. The molecule has 18 heavy (non-hydrogen) atoms. The standard InChI is InChI=1S/C13H17BrN2O2/c14-12-4-2-1-3-10(12)8-16-13(17)7-11-9-15-5-6-18-11/h1-4,11,15H,5-9H2,(H,16,17). The number of benzene rings is 1. The molecule has 1 saturated heterocycles. The lowest BCUT2D eigenvalue weighted by Crippen LogP contribution is -2.41. The topological polar surface area (TPSA) is 50.4 Å². The Kier molecular flexibility index (Phi) is 5.16. The van der Waals surface area contributed by atoms with Gasteiger partial charge in [0.25, 0.3) is 0 Å². The third kappa shape index (κ3) is 4.08. The molecule has 0 aliphatic carbocycles. The van der Waals surface area contributed by atoms with Crippen molar-refractivity contribution in [3.05, 3.63) is 34.3 Å². The Morgan fingerprint density at radius 2 is 2.33 bits per heavy atom. The molecule has 0 aromatic heterocycles. The first kappa shape index (κ1) is 13.5. The van der Waals surface area contributed by atoms with E-state index < -0.39 is 0 Å². The van der Waals surface area contributed by atoms with Crippen molar-refractivity contribution in [2.45, 2.75) is 19.1 Å². The molecule has 2 rings (SSSR count). The Hall–Kier alpha value is -0.910. The van der Waals surface area contributed by atoms with Gasteiger partial charge in [-0.25, -0.2) is 0 Å². The average Bonchev–Trinajstić information content (AvgIpc) is 2.39. The Morgan fingerprint density at radius 1 is 1.50 bits per heavy atom. The second kappa shape index (κ2) is 6.87. The second-order valence-electron chi connectivity index (χ2n) is 4.27. The van der Waals surface area contributed by atoms with Gasteiger partial charge in [-0.05, 0) is 11.6 Å². The third-order valence-electron chi connectivity index (χ3n) is 2.85. The van der Waals surface area contributed by atoms with Crippen LogP contribution in [0.25, 0.3) is 0 Å². The highest BCUT2D eigenvalue weighted by Gasteiger charge is 2.17. The molecule has 0 radical (unpaired) electrons. The number of carbonyl (C=O) groups is 1. The number of halogens is 1. The zero-order valence-corrected chi connectivity index (χ0v) is 11.7. The fourth-order valence-corrected chi connectivity index (χ4v) is 2.29. The lowest BCUT2D eigenvalue weighted by Gasteiger charge is -2.23. The number of hydrogen-bond acceptors (Lipinski definition) is 3. The van der Waals surface area contributed by atoms with Gasteiger partial charge in [-0.15, -0.1) is 0 Å². The van der Waals surface area contributed by atoms with Crippen molar-refractivity contribution in [1.82, 2.24) is 10.6 Å². The molecule has 1 amide bonds. The summed E-state index contributed by atoms with van der Waals surface area (Å²) in [7, 11) is 0. The van der Waals surface area contributed by atoms with Gasteiger partial charge >= 0.3 is 0 Å². The molecule has 1 fully saturated rings. The Labute approximate surface area is 115 Å². The molecule has 1 aliphatic rings. The molecule has 0 saturated carbocycles. The lowest BCUT2D eigenvalue weighted by molar-refractivity contribution is -0.124. The summed E-state index contributed by atoms with van der Waals surface area (Å²) in [6, 6.07) is 7.87. The van der Waals surface area contributed by atoms with Crippen LogP contribution in [0.15, 0.2) is 28.7 Å². The number of carbonyl (C=O) groups excluding carboxylic acids is 1. The van der Waals surface area contributed by atoms with Crippen LogP contribution in [0.1, 0.15) is 12.0 Å². The molecule has 1 aromatic rings. The van der Waals surface area contributed by atoms with Gasteiger partial charge in [0.1, 0.15) is 0 Å². The number of ether oxygens (including phenoxy) is 1. The predicted molar refractivity (Wildman–Crippen MR) is 73.2 cm³/mol. The average molecular weight is 313 g/mol. The van der Waals surface area contributed by atoms with Crippen LogP contribution in [0.2, 0.25) is 0 Å². The number of rotatable bonds is 4. The number of morpholine rings is 1. The molecule has 0 spiro atoms. The second-order valence-corrected chi connectivity index (χ2v) is 5.12. The Bertz CT molecular complexity index is 406. The summed E-state index contributed by atoms with van der Waals surface area (Å²) in [5.74, 6) is 0.0273. The molecule has 2 N–H and O–H groups in total. The van der Waals surface area contributed by atoms with E-state index in [-0.39, 0.29) is 12.0 Å². The van der Waals surface area contributed by atoms with Gasteiger partial charge in [0, 0.05) is 24.1 Å². The van der Waals surface area contributed by atoms with E-state index in [0.29, 0.717) is 19.6 Å². The molecule has 4 nitrogen and oxygen atoms in total. The fraction of sp³-hybridized carbons (Fsp3) is 0.462. The highest BCUT2D eigenvalue weighted by molar-refractivity contribution is 9.10. The van der Waals surface area contributed by atoms with E-state index in [2.05, 4.69) is 26.6 Å². The van der Waals surface area contributed by atoms with E-state index in [9.17, 15) is 4.79 Å². The van der Waals surface area contributed by atoms with Crippen LogP contribution in [-0.4, -0.2) is 31.7 Å². The minimum absolute atomic E-state index is 0.00189. The van der Waals surface area contributed by atoms with Crippen LogP contribution in [-0.2, 0) is 16.1 Å². The summed E-state index contributed by atoms with van der Waals surface area (Å²) in [6.45, 7) is 2.85. The van der Waals surface area contributed by atoms with Gasteiger partial charge in [-0.3, -0.25) is 4.79 Å². The molecule has 1 heterocycles. The van der Waals surface area contributed by atoms with Crippen molar-refractivity contribution in [3.8, 4) is 0 Å². The normalized spacial score (nSPS) is 19.5. The van der Waals surface area contributed by atoms with Crippen LogP contribution < -0.4 is 10.6 Å². The molecule has 1 unspecified atom stereocenters. The first-order valence-electron chi connectivity index (χ1n) is 6.08. The van der Waals surface area contributed by atoms with Crippen molar-refractivity contribution in [2.75, 3.05) is 19.7 Å². The van der Waals surface area contributed by atoms with Gasteiger partial charge in [0.15, 0.2) is 0 Å². The molecule has 5 heteroatoms. The van der Waals surface area contributed by atoms with Crippen molar-refractivity contribution in [3.63, 3.8) is 0 Å². The van der Waals surface area contributed by atoms with Crippen molar-refractivity contribution in [1.29, 1.82) is 0 Å². The molecule has 0 bridgehead atoms. The molecule has 1 atom stereocenters. The van der Waals surface area contributed by atoms with E-state index in [1.54, 1.807) is 0 Å².